The van der Waals surface area contributed by atoms with Crippen LogP contribution in [0.1, 0.15) is 0 Å². The largest absolute Gasteiger partial charge is 0.505 e. The number of hydrogen-bond donors (Lipinski definition) is 1. The van der Waals surface area contributed by atoms with Crippen molar-refractivity contribution in [3.63, 3.8) is 0 Å². The molecule has 1 N–H and O–H groups in total. The van der Waals surface area contributed by atoms with E-state index in [1.54, 1.807) is 6.07 Å². The van der Waals surface area contributed by atoms with Crippen molar-refractivity contribution in [1.29, 1.82) is 0 Å². The predicted molar refractivity (Wildman–Crippen MR) is 32.4 cm³/mol. The van der Waals surface area contributed by atoms with Gasteiger partial charge in [-0.15, -0.1) is 0 Å². The lowest BCUT2D eigenvalue weighted by atomic mass is 10.5. The highest BCUT2D eigenvalue weighted by atomic mass is 79.9. The maximum atomic E-state index is 8.79. The normalized spacial score (nSPS) is 9.12. The molecule has 0 aliphatic rings. The van der Waals surface area contributed by atoms with E-state index in [0.29, 0.717) is 4.47 Å². The summed E-state index contributed by atoms with van der Waals surface area (Å²) in [5, 5.41) is 8.79. The molecule has 0 aromatic carbocycles. The van der Waals surface area contributed by atoms with Crippen LogP contribution in [0.5, 0.6) is 5.75 Å². The van der Waals surface area contributed by atoms with E-state index in [4.69, 9.17) is 5.11 Å². The Kier molecular flexibility index (Phi) is 1.48. The predicted octanol–water partition coefficient (Wildman–Crippen LogP) is 1.35. The van der Waals surface area contributed by atoms with E-state index in [2.05, 4.69) is 27.1 Å². The van der Waals surface area contributed by atoms with E-state index >= 15 is 0 Å². The Hall–Kier alpha value is -0.570. The van der Waals surface area contributed by atoms with Crippen molar-refractivity contribution in [3.8, 4) is 5.75 Å². The molecule has 0 spiro atoms. The molecule has 0 aliphatic carbocycles. The van der Waals surface area contributed by atoms with Crippen LogP contribution in [0.2, 0.25) is 0 Å². The highest BCUT2D eigenvalue weighted by molar-refractivity contribution is 9.10. The van der Waals surface area contributed by atoms with Gasteiger partial charge in [-0.2, -0.15) is 0 Å². The van der Waals surface area contributed by atoms with Crippen LogP contribution in [-0.4, -0.2) is 10.1 Å². The van der Waals surface area contributed by atoms with Gasteiger partial charge < -0.3 is 5.11 Å². The summed E-state index contributed by atoms with van der Waals surface area (Å²) in [6.45, 7) is 0. The third-order valence-corrected chi connectivity index (χ3v) is 1.33. The van der Waals surface area contributed by atoms with Crippen molar-refractivity contribution in [3.05, 3.63) is 22.9 Å². The SMILES string of the molecule is Oc1cn[c]cc1Br. The molecular formula is C5H3BrNO. The van der Waals surface area contributed by atoms with Gasteiger partial charge in [-0.05, 0) is 22.0 Å². The maximum Gasteiger partial charge on any atom is 0.148 e. The van der Waals surface area contributed by atoms with E-state index in [1.807, 2.05) is 0 Å². The second kappa shape index (κ2) is 2.13. The fourth-order valence-electron chi connectivity index (χ4n) is 0.328. The number of halogens is 1. The molecule has 1 aromatic heterocycles. The Morgan fingerprint density at radius 2 is 2.50 bits per heavy atom. The summed E-state index contributed by atoms with van der Waals surface area (Å²) in [4.78, 5) is 3.54. The highest BCUT2D eigenvalue weighted by Gasteiger charge is 1.90. The van der Waals surface area contributed by atoms with Crippen LogP contribution in [0.3, 0.4) is 0 Å². The molecule has 8 heavy (non-hydrogen) atoms. The summed E-state index contributed by atoms with van der Waals surface area (Å²) in [5.41, 5.74) is 0. The molecule has 0 fully saturated rings. The highest BCUT2D eigenvalue weighted by Crippen LogP contribution is 2.19. The Bertz CT molecular complexity index is 169. The molecule has 1 rings (SSSR count). The number of aromatic hydroxyl groups is 1. The van der Waals surface area contributed by atoms with Gasteiger partial charge in [-0.1, -0.05) is 0 Å². The first-order valence-electron chi connectivity index (χ1n) is 2.01. The Labute approximate surface area is 55.3 Å². The summed E-state index contributed by atoms with van der Waals surface area (Å²) in [6, 6.07) is 1.55. The van der Waals surface area contributed by atoms with Gasteiger partial charge in [0.1, 0.15) is 5.75 Å². The molecule has 1 heterocycles. The van der Waals surface area contributed by atoms with E-state index in [1.165, 1.54) is 6.20 Å². The number of nitrogens with zero attached hydrogens (tertiary/aromatic N) is 1. The summed E-state index contributed by atoms with van der Waals surface area (Å²) in [7, 11) is 0. The smallest absolute Gasteiger partial charge is 0.148 e. The van der Waals surface area contributed by atoms with E-state index in [9.17, 15) is 0 Å². The standard InChI is InChI=1S/C5H3BrNO/c6-4-1-2-7-3-5(4)8/h1,3,8H. The zero-order chi connectivity index (χ0) is 5.98. The van der Waals surface area contributed by atoms with Gasteiger partial charge in [0.25, 0.3) is 0 Å². The Morgan fingerprint density at radius 3 is 2.88 bits per heavy atom. The molecule has 2 nitrogen and oxygen atoms in total. The van der Waals surface area contributed by atoms with Crippen molar-refractivity contribution < 1.29 is 5.11 Å². The first kappa shape index (κ1) is 5.56. The quantitative estimate of drug-likeness (QED) is 0.642. The molecule has 0 unspecified atom stereocenters. The van der Waals surface area contributed by atoms with Crippen LogP contribution in [-0.2, 0) is 0 Å². The van der Waals surface area contributed by atoms with Crippen LogP contribution in [0.25, 0.3) is 0 Å². The molecule has 1 radical (unpaired) electrons. The average Bonchev–Trinajstić information content (AvgIpc) is 1.77. The minimum atomic E-state index is 0.142. The second-order valence-electron chi connectivity index (χ2n) is 1.26. The minimum absolute atomic E-state index is 0.142. The summed E-state index contributed by atoms with van der Waals surface area (Å²) >= 11 is 3.07. The average molecular weight is 173 g/mol. The van der Waals surface area contributed by atoms with Crippen molar-refractivity contribution in [2.75, 3.05) is 0 Å². The zero-order valence-corrected chi connectivity index (χ0v) is 5.51. The van der Waals surface area contributed by atoms with Crippen LogP contribution >= 0.6 is 15.9 Å². The van der Waals surface area contributed by atoms with Gasteiger partial charge in [-0.3, -0.25) is 4.98 Å². The minimum Gasteiger partial charge on any atom is -0.505 e. The maximum absolute atomic E-state index is 8.79. The Morgan fingerprint density at radius 1 is 1.75 bits per heavy atom. The lowest BCUT2D eigenvalue weighted by Gasteiger charge is -1.89. The third-order valence-electron chi connectivity index (χ3n) is 0.697. The molecule has 0 saturated heterocycles. The van der Waals surface area contributed by atoms with Gasteiger partial charge in [0, 0.05) is 0 Å². The molecule has 0 bridgehead atoms. The van der Waals surface area contributed by atoms with Crippen molar-refractivity contribution in [2.45, 2.75) is 0 Å². The number of hydrogen-bond acceptors (Lipinski definition) is 2. The van der Waals surface area contributed by atoms with E-state index < -0.39 is 0 Å². The summed E-state index contributed by atoms with van der Waals surface area (Å²) in [6.07, 6.45) is 3.87. The zero-order valence-electron chi connectivity index (χ0n) is 3.93. The van der Waals surface area contributed by atoms with Gasteiger partial charge in [-0.25, -0.2) is 0 Å². The molecule has 1 aromatic rings. The van der Waals surface area contributed by atoms with E-state index in [0.717, 1.165) is 0 Å². The van der Waals surface area contributed by atoms with Crippen molar-refractivity contribution in [1.82, 2.24) is 4.98 Å². The van der Waals surface area contributed by atoms with Crippen LogP contribution < -0.4 is 0 Å². The Balaban J connectivity index is 3.13. The number of rotatable bonds is 0. The first-order chi connectivity index (χ1) is 3.80. The van der Waals surface area contributed by atoms with E-state index in [-0.39, 0.29) is 5.75 Å². The first-order valence-corrected chi connectivity index (χ1v) is 2.80. The molecular weight excluding hydrogens is 170 g/mol. The van der Waals surface area contributed by atoms with Gasteiger partial charge in [0.2, 0.25) is 0 Å². The molecule has 0 saturated carbocycles. The van der Waals surface area contributed by atoms with Crippen molar-refractivity contribution in [2.24, 2.45) is 0 Å². The monoisotopic (exact) mass is 172 g/mol. The summed E-state index contributed by atoms with van der Waals surface area (Å²) in [5.74, 6) is 0.142. The molecule has 41 valence electrons. The van der Waals surface area contributed by atoms with Crippen LogP contribution in [0, 0.1) is 6.20 Å². The van der Waals surface area contributed by atoms with Crippen molar-refractivity contribution >= 4 is 15.9 Å². The third kappa shape index (κ3) is 0.980. The number of pyridine rings is 1. The van der Waals surface area contributed by atoms with Gasteiger partial charge in [0.15, 0.2) is 0 Å². The fourth-order valence-corrected chi connectivity index (χ4v) is 0.533. The van der Waals surface area contributed by atoms with Crippen LogP contribution in [0.4, 0.5) is 0 Å². The van der Waals surface area contributed by atoms with Gasteiger partial charge in [0.05, 0.1) is 16.9 Å². The molecule has 0 aliphatic heterocycles. The number of aromatic nitrogens is 1. The summed E-state index contributed by atoms with van der Waals surface area (Å²) < 4.78 is 0.618. The van der Waals surface area contributed by atoms with Gasteiger partial charge >= 0.3 is 0 Å². The topological polar surface area (TPSA) is 33.1 Å². The lowest BCUT2D eigenvalue weighted by Crippen LogP contribution is -1.70. The lowest BCUT2D eigenvalue weighted by molar-refractivity contribution is 0.469. The van der Waals surface area contributed by atoms with Crippen LogP contribution in [0.15, 0.2) is 16.7 Å². The molecule has 0 amide bonds. The fraction of sp³-hybridized carbons (Fsp3) is 0. The molecule has 3 heteroatoms. The second-order valence-corrected chi connectivity index (χ2v) is 2.12. The molecule has 0 atom stereocenters.